The fraction of sp³-hybridized carbons (Fsp3) is 0.500. The van der Waals surface area contributed by atoms with E-state index >= 15 is 0 Å². The predicted molar refractivity (Wildman–Crippen MR) is 69.9 cm³/mol. The number of hydrogen-bond acceptors (Lipinski definition) is 2. The van der Waals surface area contributed by atoms with Gasteiger partial charge in [0.05, 0.1) is 0 Å². The van der Waals surface area contributed by atoms with Crippen molar-refractivity contribution in [1.82, 2.24) is 0 Å². The van der Waals surface area contributed by atoms with E-state index in [1.807, 2.05) is 13.8 Å². The molecule has 17 heavy (non-hydrogen) atoms. The van der Waals surface area contributed by atoms with Crippen LogP contribution in [-0.2, 0) is 0 Å². The highest BCUT2D eigenvalue weighted by Gasteiger charge is 2.15. The van der Waals surface area contributed by atoms with Crippen LogP contribution < -0.4 is 11.1 Å². The van der Waals surface area contributed by atoms with Gasteiger partial charge in [0, 0.05) is 11.0 Å². The zero-order valence-corrected chi connectivity index (χ0v) is 11.5. The Morgan fingerprint density at radius 1 is 1.29 bits per heavy atom. The summed E-state index contributed by atoms with van der Waals surface area (Å²) in [5.74, 6) is -0.640. The molecule has 0 fully saturated rings. The Bertz CT molecular complexity index is 360. The van der Waals surface area contributed by atoms with Crippen molar-refractivity contribution >= 4 is 21.6 Å². The van der Waals surface area contributed by atoms with Crippen molar-refractivity contribution in [2.75, 3.05) is 18.4 Å². The van der Waals surface area contributed by atoms with Crippen molar-refractivity contribution in [1.29, 1.82) is 0 Å². The Morgan fingerprint density at radius 3 is 2.24 bits per heavy atom. The molecule has 0 bridgehead atoms. The van der Waals surface area contributed by atoms with Crippen LogP contribution >= 0.6 is 15.9 Å². The average Bonchev–Trinajstić information content (AvgIpc) is 2.21. The van der Waals surface area contributed by atoms with Crippen molar-refractivity contribution in [3.05, 3.63) is 28.2 Å². The van der Waals surface area contributed by atoms with Crippen LogP contribution in [0.2, 0.25) is 0 Å². The SMILES string of the molecule is CC(C)C(CN)CNc1c(F)cc(Br)cc1F. The van der Waals surface area contributed by atoms with Crippen LogP contribution in [0.15, 0.2) is 16.6 Å². The Labute approximate surface area is 109 Å². The molecule has 1 atom stereocenters. The first-order valence-electron chi connectivity index (χ1n) is 5.54. The second kappa shape index (κ2) is 6.31. The molecule has 0 aromatic heterocycles. The summed E-state index contributed by atoms with van der Waals surface area (Å²) in [6.07, 6.45) is 0. The largest absolute Gasteiger partial charge is 0.380 e. The summed E-state index contributed by atoms with van der Waals surface area (Å²) in [5, 5.41) is 2.79. The maximum absolute atomic E-state index is 13.5. The first-order chi connectivity index (χ1) is 7.95. The topological polar surface area (TPSA) is 38.0 Å². The molecule has 5 heteroatoms. The normalized spacial score (nSPS) is 12.9. The van der Waals surface area contributed by atoms with Crippen LogP contribution in [0.3, 0.4) is 0 Å². The zero-order chi connectivity index (χ0) is 13.0. The molecule has 1 unspecified atom stereocenters. The minimum Gasteiger partial charge on any atom is -0.380 e. The summed E-state index contributed by atoms with van der Waals surface area (Å²) in [6, 6.07) is 2.47. The maximum atomic E-state index is 13.5. The highest BCUT2D eigenvalue weighted by molar-refractivity contribution is 9.10. The van der Waals surface area contributed by atoms with Gasteiger partial charge >= 0.3 is 0 Å². The Kier molecular flexibility index (Phi) is 5.33. The highest BCUT2D eigenvalue weighted by Crippen LogP contribution is 2.24. The first-order valence-corrected chi connectivity index (χ1v) is 6.33. The van der Waals surface area contributed by atoms with Gasteiger partial charge in [-0.1, -0.05) is 29.8 Å². The van der Waals surface area contributed by atoms with E-state index in [9.17, 15) is 8.78 Å². The van der Waals surface area contributed by atoms with Crippen LogP contribution in [0.5, 0.6) is 0 Å². The lowest BCUT2D eigenvalue weighted by atomic mass is 9.96. The Hall–Kier alpha value is -0.680. The zero-order valence-electron chi connectivity index (χ0n) is 9.93. The van der Waals surface area contributed by atoms with Gasteiger partial charge in [-0.15, -0.1) is 0 Å². The van der Waals surface area contributed by atoms with Crippen molar-refractivity contribution < 1.29 is 8.78 Å². The third-order valence-corrected chi connectivity index (χ3v) is 3.25. The standard InChI is InChI=1S/C12H17BrF2N2/c1-7(2)8(5-16)6-17-12-10(14)3-9(13)4-11(12)15/h3-4,7-8,17H,5-6,16H2,1-2H3. The van der Waals surface area contributed by atoms with Crippen molar-refractivity contribution in [3.8, 4) is 0 Å². The molecule has 0 radical (unpaired) electrons. The summed E-state index contributed by atoms with van der Waals surface area (Å²) in [6.45, 7) is 5.02. The van der Waals surface area contributed by atoms with Crippen molar-refractivity contribution in [2.45, 2.75) is 13.8 Å². The lowest BCUT2D eigenvalue weighted by Gasteiger charge is -2.20. The fourth-order valence-electron chi connectivity index (χ4n) is 1.54. The molecule has 0 saturated carbocycles. The average molecular weight is 307 g/mol. The molecular weight excluding hydrogens is 290 g/mol. The monoisotopic (exact) mass is 306 g/mol. The molecule has 0 heterocycles. The Morgan fingerprint density at radius 2 is 1.82 bits per heavy atom. The number of rotatable bonds is 5. The summed E-state index contributed by atoms with van der Waals surface area (Å²) < 4.78 is 27.4. The summed E-state index contributed by atoms with van der Waals surface area (Å²) >= 11 is 3.04. The number of hydrogen-bond donors (Lipinski definition) is 2. The smallest absolute Gasteiger partial charge is 0.150 e. The van der Waals surface area contributed by atoms with Crippen LogP contribution in [0.1, 0.15) is 13.8 Å². The molecule has 96 valence electrons. The lowest BCUT2D eigenvalue weighted by Crippen LogP contribution is -2.27. The number of halogens is 3. The molecule has 3 N–H and O–H groups in total. The molecule has 1 rings (SSSR count). The molecule has 2 nitrogen and oxygen atoms in total. The quantitative estimate of drug-likeness (QED) is 0.875. The van der Waals surface area contributed by atoms with E-state index in [4.69, 9.17) is 5.73 Å². The predicted octanol–water partition coefficient (Wildman–Crippen LogP) is 3.37. The summed E-state index contributed by atoms with van der Waals surface area (Å²) in [7, 11) is 0. The van der Waals surface area contributed by atoms with E-state index in [0.29, 0.717) is 23.5 Å². The fourth-order valence-corrected chi connectivity index (χ4v) is 1.94. The molecule has 0 aliphatic carbocycles. The highest BCUT2D eigenvalue weighted by atomic mass is 79.9. The molecule has 0 spiro atoms. The van der Waals surface area contributed by atoms with Crippen LogP contribution in [0.25, 0.3) is 0 Å². The third kappa shape index (κ3) is 3.92. The second-order valence-corrected chi connectivity index (χ2v) is 5.28. The lowest BCUT2D eigenvalue weighted by molar-refractivity contribution is 0.412. The van der Waals surface area contributed by atoms with Gasteiger partial charge in [-0.25, -0.2) is 8.78 Å². The van der Waals surface area contributed by atoms with Gasteiger partial charge in [0.15, 0.2) is 0 Å². The first kappa shape index (κ1) is 14.4. The van der Waals surface area contributed by atoms with Crippen LogP contribution in [0, 0.1) is 23.5 Å². The van der Waals surface area contributed by atoms with E-state index < -0.39 is 11.6 Å². The van der Waals surface area contributed by atoms with E-state index in [1.54, 1.807) is 0 Å². The minimum absolute atomic E-state index is 0.0905. The van der Waals surface area contributed by atoms with E-state index in [-0.39, 0.29) is 11.6 Å². The number of benzene rings is 1. The molecule has 1 aromatic rings. The van der Waals surface area contributed by atoms with Crippen LogP contribution in [-0.4, -0.2) is 13.1 Å². The van der Waals surface area contributed by atoms with Crippen LogP contribution in [0.4, 0.5) is 14.5 Å². The van der Waals surface area contributed by atoms with Gasteiger partial charge < -0.3 is 11.1 Å². The van der Waals surface area contributed by atoms with Gasteiger partial charge in [-0.2, -0.15) is 0 Å². The summed E-state index contributed by atoms with van der Waals surface area (Å²) in [4.78, 5) is 0. The molecule has 0 aliphatic heterocycles. The summed E-state index contributed by atoms with van der Waals surface area (Å²) in [5.41, 5.74) is 5.51. The maximum Gasteiger partial charge on any atom is 0.150 e. The molecule has 0 saturated heterocycles. The third-order valence-electron chi connectivity index (χ3n) is 2.79. The van der Waals surface area contributed by atoms with Gasteiger partial charge in [-0.3, -0.25) is 0 Å². The van der Waals surface area contributed by atoms with Crippen molar-refractivity contribution in [3.63, 3.8) is 0 Å². The molecule has 1 aromatic carbocycles. The number of nitrogens with one attached hydrogen (secondary N) is 1. The molecule has 0 amide bonds. The van der Waals surface area contributed by atoms with E-state index in [1.165, 1.54) is 12.1 Å². The van der Waals surface area contributed by atoms with E-state index in [0.717, 1.165) is 0 Å². The van der Waals surface area contributed by atoms with Gasteiger partial charge in [0.1, 0.15) is 17.3 Å². The number of anilines is 1. The van der Waals surface area contributed by atoms with Gasteiger partial charge in [-0.05, 0) is 30.5 Å². The Balaban J connectivity index is 2.75. The van der Waals surface area contributed by atoms with Gasteiger partial charge in [0.2, 0.25) is 0 Å². The minimum atomic E-state index is -0.601. The van der Waals surface area contributed by atoms with E-state index in [2.05, 4.69) is 21.2 Å². The second-order valence-electron chi connectivity index (χ2n) is 4.37. The molecule has 0 aliphatic rings. The van der Waals surface area contributed by atoms with Gasteiger partial charge in [0.25, 0.3) is 0 Å². The molecular formula is C12H17BrF2N2. The van der Waals surface area contributed by atoms with Crippen molar-refractivity contribution in [2.24, 2.45) is 17.6 Å². The number of nitrogens with two attached hydrogens (primary N) is 1.